The molecule has 2 unspecified atom stereocenters. The normalized spacial score (nSPS) is 46.0. The number of unbranched alkanes of at least 4 members (excludes halogenated alkanes) is 1. The van der Waals surface area contributed by atoms with Crippen LogP contribution in [0.3, 0.4) is 0 Å². The Hall–Kier alpha value is -0.200. The lowest BCUT2D eigenvalue weighted by Gasteiger charge is -2.63. The molecule has 0 heterocycles. The maximum atomic E-state index is 12.2. The minimum absolute atomic E-state index is 0.0406. The highest BCUT2D eigenvalue weighted by molar-refractivity contribution is 5.16. The van der Waals surface area contributed by atoms with Crippen molar-refractivity contribution in [3.05, 3.63) is 0 Å². The van der Waals surface area contributed by atoms with Crippen molar-refractivity contribution in [1.82, 2.24) is 10.4 Å². The molecule has 0 aromatic heterocycles. The summed E-state index contributed by atoms with van der Waals surface area (Å²) >= 11 is 0. The van der Waals surface area contributed by atoms with Crippen LogP contribution in [0.4, 0.5) is 0 Å². The van der Waals surface area contributed by atoms with Crippen molar-refractivity contribution in [2.75, 3.05) is 33.8 Å². The van der Waals surface area contributed by atoms with Crippen molar-refractivity contribution >= 4 is 0 Å². The third kappa shape index (κ3) is 4.42. The lowest BCUT2D eigenvalue weighted by Crippen LogP contribution is -2.62. The van der Waals surface area contributed by atoms with Crippen LogP contribution < -0.4 is 5.48 Å². The van der Waals surface area contributed by atoms with Crippen molar-refractivity contribution in [3.8, 4) is 0 Å². The third-order valence-corrected chi connectivity index (χ3v) is 10.8. The summed E-state index contributed by atoms with van der Waals surface area (Å²) in [5.41, 5.74) is 3.07. The molecule has 8 atom stereocenters. The molecule has 5 heteroatoms. The first-order chi connectivity index (χ1) is 15.2. The van der Waals surface area contributed by atoms with E-state index in [1.165, 1.54) is 19.3 Å². The van der Waals surface area contributed by atoms with Gasteiger partial charge in [-0.05, 0) is 132 Å². The van der Waals surface area contributed by atoms with Gasteiger partial charge in [-0.15, -0.1) is 0 Å². The van der Waals surface area contributed by atoms with Crippen LogP contribution in [-0.2, 0) is 4.84 Å². The van der Waals surface area contributed by atoms with E-state index in [4.69, 9.17) is 4.84 Å². The number of nitrogens with one attached hydrogen (secondary N) is 1. The second-order valence-electron chi connectivity index (χ2n) is 12.6. The van der Waals surface area contributed by atoms with Crippen molar-refractivity contribution in [1.29, 1.82) is 0 Å². The van der Waals surface area contributed by atoms with E-state index < -0.39 is 5.60 Å². The Morgan fingerprint density at radius 2 is 1.78 bits per heavy atom. The van der Waals surface area contributed by atoms with E-state index in [0.717, 1.165) is 77.5 Å². The van der Waals surface area contributed by atoms with Gasteiger partial charge in [0.25, 0.3) is 0 Å². The average Bonchev–Trinajstić information content (AvgIpc) is 3.01. The fraction of sp³-hybridized carbons (Fsp3) is 1.00. The van der Waals surface area contributed by atoms with Gasteiger partial charge in [0.15, 0.2) is 0 Å². The number of rotatable bonds is 9. The minimum Gasteiger partial charge on any atom is -0.393 e. The highest BCUT2D eigenvalue weighted by Crippen LogP contribution is 2.69. The molecule has 0 aliphatic heterocycles. The number of aliphatic hydroxyl groups excluding tert-OH is 1. The third-order valence-electron chi connectivity index (χ3n) is 10.8. The van der Waals surface area contributed by atoms with E-state index in [1.807, 2.05) is 0 Å². The lowest BCUT2D eigenvalue weighted by molar-refractivity contribution is -0.210. The molecule has 0 radical (unpaired) electrons. The summed E-state index contributed by atoms with van der Waals surface area (Å²) in [5.74, 6) is 2.31. The molecular weight excluding hydrogens is 400 g/mol. The van der Waals surface area contributed by atoms with Gasteiger partial charge in [0, 0.05) is 6.54 Å². The maximum absolute atomic E-state index is 12.2. The number of nitrogens with zero attached hydrogens (tertiary/aromatic N) is 1. The molecule has 4 saturated carbocycles. The van der Waals surface area contributed by atoms with E-state index in [-0.39, 0.29) is 11.5 Å². The summed E-state index contributed by atoms with van der Waals surface area (Å²) in [6.45, 7) is 7.68. The van der Waals surface area contributed by atoms with Crippen LogP contribution in [0.15, 0.2) is 0 Å². The molecule has 3 N–H and O–H groups in total. The van der Waals surface area contributed by atoms with Gasteiger partial charge in [0.2, 0.25) is 0 Å². The Balaban J connectivity index is 1.31. The first-order valence-corrected chi connectivity index (χ1v) is 13.6. The molecule has 4 aliphatic rings. The molecule has 0 bridgehead atoms. The molecule has 0 saturated heterocycles. The highest BCUT2D eigenvalue weighted by atomic mass is 16.6. The Morgan fingerprint density at radius 1 is 0.969 bits per heavy atom. The zero-order chi connectivity index (χ0) is 23.0. The molecule has 4 aliphatic carbocycles. The zero-order valence-corrected chi connectivity index (χ0v) is 21.2. The summed E-state index contributed by atoms with van der Waals surface area (Å²) < 4.78 is 0. The fourth-order valence-electron chi connectivity index (χ4n) is 8.76. The first kappa shape index (κ1) is 24.9. The minimum atomic E-state index is -0.502. The van der Waals surface area contributed by atoms with Gasteiger partial charge in [0.05, 0.1) is 18.3 Å². The van der Waals surface area contributed by atoms with Crippen molar-refractivity contribution in [2.45, 2.75) is 103 Å². The van der Waals surface area contributed by atoms with Crippen LogP contribution in [0.2, 0.25) is 0 Å². The molecule has 0 aromatic carbocycles. The van der Waals surface area contributed by atoms with Crippen LogP contribution in [0.1, 0.15) is 90.9 Å². The van der Waals surface area contributed by atoms with Gasteiger partial charge < -0.3 is 20.0 Å². The number of aliphatic hydroxyl groups is 2. The van der Waals surface area contributed by atoms with Gasteiger partial charge in [-0.2, -0.15) is 0 Å². The molecule has 0 amide bonds. The Kier molecular flexibility index (Phi) is 7.64. The van der Waals surface area contributed by atoms with Crippen LogP contribution in [0, 0.1) is 34.5 Å². The number of hydrogen-bond acceptors (Lipinski definition) is 5. The quantitative estimate of drug-likeness (QED) is 0.359. The predicted molar refractivity (Wildman–Crippen MR) is 129 cm³/mol. The average molecular weight is 451 g/mol. The number of hydrogen-bond donors (Lipinski definition) is 3. The standard InChI is InChI=1S/C27H50N2O3/c1-25-13-10-22(30)19-21(25)7-8-24-23(25)11-14-26(2)20(9-15-27(24,26)31)12-16-28-32-18-6-5-17-29(3)4/h20-24,28,30-31H,5-19H2,1-4H3/t20-,21?,22?,23+,24-,25+,26-,27-/m1/s1. The molecule has 0 aromatic rings. The molecule has 4 rings (SSSR count). The predicted octanol–water partition coefficient (Wildman–Crippen LogP) is 4.37. The molecule has 186 valence electrons. The lowest BCUT2D eigenvalue weighted by atomic mass is 9.43. The summed E-state index contributed by atoms with van der Waals surface area (Å²) in [6.07, 6.45) is 13.2. The van der Waals surface area contributed by atoms with E-state index >= 15 is 0 Å². The van der Waals surface area contributed by atoms with Gasteiger partial charge >= 0.3 is 0 Å². The van der Waals surface area contributed by atoms with Gasteiger partial charge in [-0.3, -0.25) is 0 Å². The topological polar surface area (TPSA) is 65.0 Å². The first-order valence-electron chi connectivity index (χ1n) is 13.6. The largest absolute Gasteiger partial charge is 0.393 e. The van der Waals surface area contributed by atoms with Crippen LogP contribution >= 0.6 is 0 Å². The molecule has 32 heavy (non-hydrogen) atoms. The zero-order valence-electron chi connectivity index (χ0n) is 21.2. The second-order valence-corrected chi connectivity index (χ2v) is 12.6. The number of fused-ring (bicyclic) bond motifs is 5. The Labute approximate surface area is 196 Å². The summed E-state index contributed by atoms with van der Waals surface area (Å²) in [4.78, 5) is 7.90. The number of hydroxylamine groups is 1. The van der Waals surface area contributed by atoms with Gasteiger partial charge in [-0.1, -0.05) is 13.8 Å². The second kappa shape index (κ2) is 9.81. The van der Waals surface area contributed by atoms with E-state index in [0.29, 0.717) is 29.1 Å². The Morgan fingerprint density at radius 3 is 2.56 bits per heavy atom. The molecular formula is C27H50N2O3. The van der Waals surface area contributed by atoms with Crippen LogP contribution in [0.5, 0.6) is 0 Å². The van der Waals surface area contributed by atoms with E-state index in [2.05, 4.69) is 38.3 Å². The highest BCUT2D eigenvalue weighted by Gasteiger charge is 2.66. The Bertz CT molecular complexity index is 630. The van der Waals surface area contributed by atoms with E-state index in [9.17, 15) is 10.2 Å². The summed E-state index contributed by atoms with van der Waals surface area (Å²) in [7, 11) is 4.23. The van der Waals surface area contributed by atoms with Crippen molar-refractivity contribution in [2.24, 2.45) is 34.5 Å². The van der Waals surface area contributed by atoms with E-state index in [1.54, 1.807) is 0 Å². The molecule has 0 spiro atoms. The fourth-order valence-corrected chi connectivity index (χ4v) is 8.76. The monoisotopic (exact) mass is 450 g/mol. The van der Waals surface area contributed by atoms with Crippen molar-refractivity contribution < 1.29 is 15.1 Å². The van der Waals surface area contributed by atoms with Crippen LogP contribution in [-0.4, -0.2) is 60.6 Å². The molecule has 5 nitrogen and oxygen atoms in total. The smallest absolute Gasteiger partial charge is 0.0734 e. The summed E-state index contributed by atoms with van der Waals surface area (Å²) in [5, 5.41) is 22.5. The maximum Gasteiger partial charge on any atom is 0.0734 e. The van der Waals surface area contributed by atoms with Crippen molar-refractivity contribution in [3.63, 3.8) is 0 Å². The summed E-state index contributed by atoms with van der Waals surface area (Å²) in [6, 6.07) is 0. The van der Waals surface area contributed by atoms with Crippen LogP contribution in [0.25, 0.3) is 0 Å². The van der Waals surface area contributed by atoms with Gasteiger partial charge in [-0.25, -0.2) is 5.48 Å². The molecule has 4 fully saturated rings. The SMILES string of the molecule is CN(C)CCCCONCC[C@H]1CC[C@@]2(O)[C@@H]3CCC4CC(O)CC[C@]4(C)[C@H]3CC[C@]12C. The van der Waals surface area contributed by atoms with Gasteiger partial charge in [0.1, 0.15) is 0 Å².